The average molecular weight is 338 g/mol. The Morgan fingerprint density at radius 1 is 1.08 bits per heavy atom. The number of amides is 2. The van der Waals surface area contributed by atoms with Gasteiger partial charge in [-0.2, -0.15) is 0 Å². The lowest BCUT2D eigenvalue weighted by Gasteiger charge is -2.15. The third-order valence-electron chi connectivity index (χ3n) is 3.61. The summed E-state index contributed by atoms with van der Waals surface area (Å²) in [6, 6.07) is 3.35. The van der Waals surface area contributed by atoms with E-state index in [4.69, 9.17) is 14.2 Å². The van der Waals surface area contributed by atoms with Crippen molar-refractivity contribution in [1.29, 1.82) is 0 Å². The molecule has 0 aliphatic rings. The molecular formula is C17H26N2O5. The van der Waals surface area contributed by atoms with E-state index in [-0.39, 0.29) is 30.8 Å². The van der Waals surface area contributed by atoms with Crippen LogP contribution in [0.3, 0.4) is 0 Å². The average Bonchev–Trinajstić information content (AvgIpc) is 2.59. The van der Waals surface area contributed by atoms with Crippen molar-refractivity contribution >= 4 is 11.8 Å². The molecule has 1 rings (SSSR count). The van der Waals surface area contributed by atoms with Gasteiger partial charge >= 0.3 is 0 Å². The van der Waals surface area contributed by atoms with Crippen molar-refractivity contribution in [3.8, 4) is 17.2 Å². The van der Waals surface area contributed by atoms with Gasteiger partial charge in [-0.15, -0.1) is 0 Å². The second kappa shape index (κ2) is 9.64. The van der Waals surface area contributed by atoms with Crippen LogP contribution < -0.4 is 24.8 Å². The van der Waals surface area contributed by atoms with Crippen LogP contribution in [0.4, 0.5) is 0 Å². The van der Waals surface area contributed by atoms with Crippen LogP contribution in [0.15, 0.2) is 12.1 Å². The Hall–Kier alpha value is -2.44. The van der Waals surface area contributed by atoms with E-state index in [0.717, 1.165) is 6.42 Å². The summed E-state index contributed by atoms with van der Waals surface area (Å²) < 4.78 is 15.7. The maximum atomic E-state index is 12.3. The molecule has 0 saturated heterocycles. The van der Waals surface area contributed by atoms with Crippen molar-refractivity contribution in [2.45, 2.75) is 32.7 Å². The van der Waals surface area contributed by atoms with Gasteiger partial charge in [0.2, 0.25) is 11.7 Å². The van der Waals surface area contributed by atoms with Gasteiger partial charge in [0.25, 0.3) is 5.91 Å². The molecule has 0 saturated carbocycles. The Morgan fingerprint density at radius 2 is 1.75 bits per heavy atom. The van der Waals surface area contributed by atoms with E-state index >= 15 is 0 Å². The van der Waals surface area contributed by atoms with Crippen LogP contribution in [0.5, 0.6) is 17.2 Å². The minimum atomic E-state index is -0.343. The van der Waals surface area contributed by atoms with Crippen LogP contribution in [0, 0.1) is 0 Å². The van der Waals surface area contributed by atoms with Crippen LogP contribution in [0.2, 0.25) is 0 Å². The molecule has 0 unspecified atom stereocenters. The molecule has 0 heterocycles. The highest BCUT2D eigenvalue weighted by molar-refractivity contribution is 5.98. The summed E-state index contributed by atoms with van der Waals surface area (Å²) >= 11 is 0. The highest BCUT2D eigenvalue weighted by Gasteiger charge is 2.20. The Labute approximate surface area is 142 Å². The van der Waals surface area contributed by atoms with Crippen molar-refractivity contribution in [2.75, 3.05) is 27.9 Å². The Balaban J connectivity index is 2.73. The van der Waals surface area contributed by atoms with Gasteiger partial charge in [-0.3, -0.25) is 9.59 Å². The molecule has 0 spiro atoms. The van der Waals surface area contributed by atoms with E-state index < -0.39 is 0 Å². The molecule has 7 heteroatoms. The van der Waals surface area contributed by atoms with Crippen LogP contribution in [0.1, 0.15) is 37.0 Å². The molecule has 0 radical (unpaired) electrons. The topological polar surface area (TPSA) is 85.9 Å². The normalized spacial score (nSPS) is 11.4. The van der Waals surface area contributed by atoms with Crippen molar-refractivity contribution in [2.24, 2.45) is 0 Å². The first-order chi connectivity index (χ1) is 11.5. The van der Waals surface area contributed by atoms with Gasteiger partial charge in [-0.05, 0) is 25.5 Å². The molecule has 1 aromatic carbocycles. The maximum absolute atomic E-state index is 12.3. The number of benzene rings is 1. The predicted octanol–water partition coefficient (Wildman–Crippen LogP) is 1.75. The van der Waals surface area contributed by atoms with Gasteiger partial charge in [-0.25, -0.2) is 0 Å². The quantitative estimate of drug-likeness (QED) is 0.716. The fourth-order valence-corrected chi connectivity index (χ4v) is 2.11. The van der Waals surface area contributed by atoms with Crippen molar-refractivity contribution in [3.63, 3.8) is 0 Å². The van der Waals surface area contributed by atoms with E-state index in [9.17, 15) is 9.59 Å². The fraction of sp³-hybridized carbons (Fsp3) is 0.529. The lowest BCUT2D eigenvalue weighted by molar-refractivity contribution is -0.121. The largest absolute Gasteiger partial charge is 0.493 e. The molecule has 2 amide bonds. The number of methoxy groups -OCH3 is 3. The van der Waals surface area contributed by atoms with Crippen LogP contribution in [0.25, 0.3) is 0 Å². The second-order valence-corrected chi connectivity index (χ2v) is 5.26. The standard InChI is InChI=1S/C17H26N2O5/c1-6-11(2)19-14(20)9-10-18-17(21)12-7-8-13(22-3)16(24-5)15(12)23-4/h7-8,11H,6,9-10H2,1-5H3,(H,18,21)(H,19,20)/t11-/m1/s1. The van der Waals surface area contributed by atoms with Gasteiger partial charge in [-0.1, -0.05) is 6.92 Å². The third-order valence-corrected chi connectivity index (χ3v) is 3.61. The molecule has 1 atom stereocenters. The second-order valence-electron chi connectivity index (χ2n) is 5.26. The summed E-state index contributed by atoms with van der Waals surface area (Å²) in [5, 5.41) is 5.56. The third kappa shape index (κ3) is 5.04. The maximum Gasteiger partial charge on any atom is 0.255 e. The summed E-state index contributed by atoms with van der Waals surface area (Å²) in [5.41, 5.74) is 0.317. The summed E-state index contributed by atoms with van der Waals surface area (Å²) in [6.45, 7) is 4.17. The van der Waals surface area contributed by atoms with Crippen LogP contribution in [-0.2, 0) is 4.79 Å². The summed E-state index contributed by atoms with van der Waals surface area (Å²) in [4.78, 5) is 24.0. The molecule has 0 aliphatic carbocycles. The number of hydrogen-bond donors (Lipinski definition) is 2. The summed E-state index contributed by atoms with van der Waals surface area (Å²) in [6.07, 6.45) is 1.08. The number of carbonyl (C=O) groups is 2. The smallest absolute Gasteiger partial charge is 0.255 e. The SMILES string of the molecule is CC[C@@H](C)NC(=O)CCNC(=O)c1ccc(OC)c(OC)c1OC. The number of hydrogen-bond acceptors (Lipinski definition) is 5. The highest BCUT2D eigenvalue weighted by atomic mass is 16.5. The van der Waals surface area contributed by atoms with E-state index in [1.54, 1.807) is 12.1 Å². The number of rotatable bonds is 9. The number of carbonyl (C=O) groups excluding carboxylic acids is 2. The molecule has 0 aromatic heterocycles. The Kier molecular flexibility index (Phi) is 7.88. The summed E-state index contributed by atoms with van der Waals surface area (Å²) in [5.74, 6) is 0.674. The minimum absolute atomic E-state index is 0.0936. The molecular weight excluding hydrogens is 312 g/mol. The monoisotopic (exact) mass is 338 g/mol. The van der Waals surface area contributed by atoms with Crippen molar-refractivity contribution < 1.29 is 23.8 Å². The predicted molar refractivity (Wildman–Crippen MR) is 90.9 cm³/mol. The van der Waals surface area contributed by atoms with Gasteiger partial charge in [0.05, 0.1) is 26.9 Å². The highest BCUT2D eigenvalue weighted by Crippen LogP contribution is 2.39. The first kappa shape index (κ1) is 19.6. The first-order valence-electron chi connectivity index (χ1n) is 7.84. The fourth-order valence-electron chi connectivity index (χ4n) is 2.11. The van der Waals surface area contributed by atoms with Gasteiger partial charge in [0.1, 0.15) is 0 Å². The molecule has 24 heavy (non-hydrogen) atoms. The minimum Gasteiger partial charge on any atom is -0.493 e. The van der Waals surface area contributed by atoms with Gasteiger partial charge in [0.15, 0.2) is 11.5 Å². The zero-order chi connectivity index (χ0) is 18.1. The van der Waals surface area contributed by atoms with E-state index in [2.05, 4.69) is 10.6 Å². The molecule has 0 aliphatic heterocycles. The molecule has 134 valence electrons. The number of ether oxygens (including phenoxy) is 3. The van der Waals surface area contributed by atoms with E-state index in [0.29, 0.717) is 22.8 Å². The summed E-state index contributed by atoms with van der Waals surface area (Å²) in [7, 11) is 4.43. The van der Waals surface area contributed by atoms with E-state index in [1.807, 2.05) is 13.8 Å². The van der Waals surface area contributed by atoms with Crippen molar-refractivity contribution in [1.82, 2.24) is 10.6 Å². The molecule has 2 N–H and O–H groups in total. The van der Waals surface area contributed by atoms with Crippen LogP contribution >= 0.6 is 0 Å². The first-order valence-corrected chi connectivity index (χ1v) is 7.84. The van der Waals surface area contributed by atoms with Gasteiger partial charge < -0.3 is 24.8 Å². The lowest BCUT2D eigenvalue weighted by atomic mass is 10.1. The lowest BCUT2D eigenvalue weighted by Crippen LogP contribution is -2.35. The van der Waals surface area contributed by atoms with Crippen molar-refractivity contribution in [3.05, 3.63) is 17.7 Å². The van der Waals surface area contributed by atoms with E-state index in [1.165, 1.54) is 21.3 Å². The number of nitrogens with one attached hydrogen (secondary N) is 2. The van der Waals surface area contributed by atoms with Crippen LogP contribution in [-0.4, -0.2) is 45.7 Å². The Bertz CT molecular complexity index is 574. The molecule has 1 aromatic rings. The molecule has 0 fully saturated rings. The molecule has 0 bridgehead atoms. The van der Waals surface area contributed by atoms with Gasteiger partial charge in [0, 0.05) is 19.0 Å². The Morgan fingerprint density at radius 3 is 2.29 bits per heavy atom. The zero-order valence-electron chi connectivity index (χ0n) is 14.9. The molecule has 7 nitrogen and oxygen atoms in total. The zero-order valence-corrected chi connectivity index (χ0v) is 14.9.